The van der Waals surface area contributed by atoms with E-state index in [2.05, 4.69) is 200 Å². The second-order valence-electron chi connectivity index (χ2n) is 16.0. The summed E-state index contributed by atoms with van der Waals surface area (Å²) in [6.45, 7) is 0. The quantitative estimate of drug-likeness (QED) is 0.161. The fourth-order valence-corrected chi connectivity index (χ4v) is 9.02. The van der Waals surface area contributed by atoms with Crippen LogP contribution < -0.4 is 0 Å². The van der Waals surface area contributed by atoms with E-state index in [1.807, 2.05) is 24.3 Å². The van der Waals surface area contributed by atoms with Gasteiger partial charge in [0, 0.05) is 27.5 Å². The Bertz CT molecular complexity index is 3680. The molecule has 2 aromatic heterocycles. The lowest BCUT2D eigenvalue weighted by atomic mass is 9.94. The number of hydrogen-bond acceptors (Lipinski definition) is 4. The largest absolute Gasteiger partial charge is 0.456 e. The Morgan fingerprint density at radius 1 is 0.254 bits per heavy atom. The Kier molecular flexibility index (Phi) is 8.79. The van der Waals surface area contributed by atoms with Gasteiger partial charge in [-0.15, -0.1) is 0 Å². The fraction of sp³-hybridized carbons (Fsp3) is 0. The molecule has 0 saturated heterocycles. The van der Waals surface area contributed by atoms with Crippen LogP contribution in [0.1, 0.15) is 0 Å². The summed E-state index contributed by atoms with van der Waals surface area (Å²) in [6, 6.07) is 78.8. The third-order valence-electron chi connectivity index (χ3n) is 12.1. The first kappa shape index (κ1) is 36.4. The van der Waals surface area contributed by atoms with E-state index in [1.165, 1.54) is 27.1 Å². The Balaban J connectivity index is 0.952. The van der Waals surface area contributed by atoms with Gasteiger partial charge in [0.1, 0.15) is 11.2 Å². The molecule has 12 aromatic rings. The minimum Gasteiger partial charge on any atom is -0.456 e. The molecular weight excluding hydrogens is 767 g/mol. The number of rotatable bonds is 7. The highest BCUT2D eigenvalue weighted by molar-refractivity contribution is 6.13. The number of nitrogens with zero attached hydrogens (tertiary/aromatic N) is 3. The maximum Gasteiger partial charge on any atom is 0.164 e. The van der Waals surface area contributed by atoms with Crippen LogP contribution in [0.2, 0.25) is 0 Å². The standard InChI is InChI=1S/C59H37N3O/c1-2-13-38(14-3-1)39-27-29-41(30-28-39)57-60-58(62-59(61-57)52-21-7-6-20-51(52)50-24-11-16-40-15-4-5-19-48(40)50)47-18-10-17-42(37-47)43-31-32-45-36-46(34-33-44(45)35-43)49-23-12-26-55-56(49)53-22-8-9-25-54(53)63-55/h1-37H. The summed E-state index contributed by atoms with van der Waals surface area (Å²) in [7, 11) is 0. The molecule has 0 unspecified atom stereocenters. The molecule has 0 aliphatic heterocycles. The summed E-state index contributed by atoms with van der Waals surface area (Å²) in [4.78, 5) is 15.7. The Morgan fingerprint density at radius 2 is 0.762 bits per heavy atom. The Labute approximate surface area is 364 Å². The normalized spacial score (nSPS) is 11.5. The summed E-state index contributed by atoms with van der Waals surface area (Å²) < 4.78 is 6.21. The van der Waals surface area contributed by atoms with E-state index in [1.54, 1.807) is 0 Å². The molecule has 0 fully saturated rings. The number of furan rings is 1. The van der Waals surface area contributed by atoms with Gasteiger partial charge in [0.25, 0.3) is 0 Å². The van der Waals surface area contributed by atoms with Crippen molar-refractivity contribution in [2.24, 2.45) is 0 Å². The lowest BCUT2D eigenvalue weighted by Crippen LogP contribution is -2.01. The zero-order chi connectivity index (χ0) is 41.7. The van der Waals surface area contributed by atoms with Crippen molar-refractivity contribution in [3.05, 3.63) is 224 Å². The van der Waals surface area contributed by atoms with Gasteiger partial charge in [-0.25, -0.2) is 15.0 Å². The second-order valence-corrected chi connectivity index (χ2v) is 16.0. The highest BCUT2D eigenvalue weighted by atomic mass is 16.3. The SMILES string of the molecule is c1ccc(-c2ccc(-c3nc(-c4cccc(-c5ccc6cc(-c7cccc8oc9ccccc9c78)ccc6c5)c4)nc(-c4ccccc4-c4cccc5ccccc45)n3)cc2)cc1. The summed E-state index contributed by atoms with van der Waals surface area (Å²) >= 11 is 0. The van der Waals surface area contributed by atoms with Gasteiger partial charge in [0.05, 0.1) is 0 Å². The Morgan fingerprint density at radius 3 is 1.62 bits per heavy atom. The van der Waals surface area contributed by atoms with Crippen LogP contribution in [0, 0.1) is 0 Å². The number of aromatic nitrogens is 3. The fourth-order valence-electron chi connectivity index (χ4n) is 9.02. The molecule has 0 atom stereocenters. The summed E-state index contributed by atoms with van der Waals surface area (Å²) in [5.74, 6) is 1.85. The van der Waals surface area contributed by atoms with E-state index in [0.717, 1.165) is 77.6 Å². The van der Waals surface area contributed by atoms with Crippen LogP contribution in [-0.4, -0.2) is 15.0 Å². The molecule has 0 N–H and O–H groups in total. The van der Waals surface area contributed by atoms with Crippen LogP contribution >= 0.6 is 0 Å². The molecule has 0 bridgehead atoms. The van der Waals surface area contributed by atoms with Crippen LogP contribution in [0.3, 0.4) is 0 Å². The predicted octanol–water partition coefficient (Wildman–Crippen LogP) is 15.7. The van der Waals surface area contributed by atoms with E-state index in [-0.39, 0.29) is 0 Å². The molecule has 0 spiro atoms. The van der Waals surface area contributed by atoms with Crippen LogP contribution in [0.25, 0.3) is 122 Å². The first-order chi connectivity index (χ1) is 31.2. The molecular formula is C59H37N3O. The predicted molar refractivity (Wildman–Crippen MR) is 260 cm³/mol. The maximum atomic E-state index is 6.21. The monoisotopic (exact) mass is 803 g/mol. The zero-order valence-corrected chi connectivity index (χ0v) is 34.1. The van der Waals surface area contributed by atoms with Crippen molar-refractivity contribution in [1.29, 1.82) is 0 Å². The van der Waals surface area contributed by atoms with Gasteiger partial charge in [-0.05, 0) is 96.4 Å². The third kappa shape index (κ3) is 6.62. The van der Waals surface area contributed by atoms with Crippen molar-refractivity contribution in [3.8, 4) is 78.7 Å². The van der Waals surface area contributed by atoms with E-state index >= 15 is 0 Å². The van der Waals surface area contributed by atoms with E-state index in [4.69, 9.17) is 19.4 Å². The maximum absolute atomic E-state index is 6.21. The minimum absolute atomic E-state index is 0.614. The zero-order valence-electron chi connectivity index (χ0n) is 34.1. The highest BCUT2D eigenvalue weighted by Crippen LogP contribution is 2.39. The topological polar surface area (TPSA) is 51.8 Å². The molecule has 2 heterocycles. The van der Waals surface area contributed by atoms with Gasteiger partial charge in [-0.1, -0.05) is 194 Å². The number of benzene rings is 10. The average molecular weight is 804 g/mol. The molecule has 12 rings (SSSR count). The molecule has 10 aromatic carbocycles. The molecule has 0 aliphatic carbocycles. The molecule has 4 heteroatoms. The van der Waals surface area contributed by atoms with Crippen molar-refractivity contribution in [2.45, 2.75) is 0 Å². The van der Waals surface area contributed by atoms with Gasteiger partial charge in [0.2, 0.25) is 0 Å². The molecule has 0 aliphatic rings. The molecule has 4 nitrogen and oxygen atoms in total. The molecule has 0 amide bonds. The Hall–Kier alpha value is -8.47. The number of fused-ring (bicyclic) bond motifs is 5. The summed E-state index contributed by atoms with van der Waals surface area (Å²) in [5.41, 5.74) is 13.6. The molecule has 294 valence electrons. The first-order valence-electron chi connectivity index (χ1n) is 21.2. The second kappa shape index (κ2) is 15.2. The smallest absolute Gasteiger partial charge is 0.164 e. The van der Waals surface area contributed by atoms with E-state index in [9.17, 15) is 0 Å². The lowest BCUT2D eigenvalue weighted by molar-refractivity contribution is 0.669. The van der Waals surface area contributed by atoms with Gasteiger partial charge in [-0.3, -0.25) is 0 Å². The van der Waals surface area contributed by atoms with E-state index < -0.39 is 0 Å². The molecule has 0 saturated carbocycles. The number of para-hydroxylation sites is 1. The van der Waals surface area contributed by atoms with Gasteiger partial charge < -0.3 is 4.42 Å². The van der Waals surface area contributed by atoms with Gasteiger partial charge in [-0.2, -0.15) is 0 Å². The van der Waals surface area contributed by atoms with Crippen molar-refractivity contribution < 1.29 is 4.42 Å². The molecule has 63 heavy (non-hydrogen) atoms. The van der Waals surface area contributed by atoms with Crippen molar-refractivity contribution in [1.82, 2.24) is 15.0 Å². The van der Waals surface area contributed by atoms with Gasteiger partial charge >= 0.3 is 0 Å². The summed E-state index contributed by atoms with van der Waals surface area (Å²) in [6.07, 6.45) is 0. The van der Waals surface area contributed by atoms with Crippen LogP contribution in [0.15, 0.2) is 229 Å². The summed E-state index contributed by atoms with van der Waals surface area (Å²) in [5, 5.41) is 6.98. The molecule has 0 radical (unpaired) electrons. The first-order valence-corrected chi connectivity index (χ1v) is 21.2. The number of hydrogen-bond donors (Lipinski definition) is 0. The van der Waals surface area contributed by atoms with Crippen molar-refractivity contribution in [2.75, 3.05) is 0 Å². The van der Waals surface area contributed by atoms with Crippen LogP contribution in [0.5, 0.6) is 0 Å². The van der Waals surface area contributed by atoms with Crippen LogP contribution in [-0.2, 0) is 0 Å². The highest BCUT2D eigenvalue weighted by Gasteiger charge is 2.18. The van der Waals surface area contributed by atoms with Crippen molar-refractivity contribution >= 4 is 43.5 Å². The van der Waals surface area contributed by atoms with Crippen molar-refractivity contribution in [3.63, 3.8) is 0 Å². The van der Waals surface area contributed by atoms with E-state index in [0.29, 0.717) is 17.5 Å². The average Bonchev–Trinajstić information content (AvgIpc) is 3.75. The minimum atomic E-state index is 0.614. The lowest BCUT2D eigenvalue weighted by Gasteiger charge is -2.14. The third-order valence-corrected chi connectivity index (χ3v) is 12.1. The van der Waals surface area contributed by atoms with Gasteiger partial charge in [0.15, 0.2) is 17.5 Å². The van der Waals surface area contributed by atoms with Crippen LogP contribution in [0.4, 0.5) is 0 Å².